The minimum absolute atomic E-state index is 0.0266. The number of benzene rings is 1. The molecule has 1 atom stereocenters. The third-order valence-corrected chi connectivity index (χ3v) is 3.05. The molecule has 0 radical (unpaired) electrons. The molecule has 0 spiro atoms. The van der Waals surface area contributed by atoms with Crippen LogP contribution in [0.4, 0.5) is 0 Å². The lowest BCUT2D eigenvalue weighted by Gasteiger charge is -2.14. The fourth-order valence-corrected chi connectivity index (χ4v) is 1.86. The molecule has 1 aromatic carbocycles. The van der Waals surface area contributed by atoms with E-state index in [4.69, 9.17) is 10.9 Å². The van der Waals surface area contributed by atoms with Crippen LogP contribution in [0, 0.1) is 0 Å². The Kier molecular flexibility index (Phi) is 4.55. The number of nitrogens with one attached hydrogen (secondary N) is 1. The summed E-state index contributed by atoms with van der Waals surface area (Å²) in [6.07, 6.45) is 3.62. The van der Waals surface area contributed by atoms with E-state index in [0.717, 1.165) is 5.69 Å². The smallest absolute Gasteiger partial charge is 0.255 e. The Hall–Kier alpha value is -2.83. The van der Waals surface area contributed by atoms with Crippen molar-refractivity contribution in [2.75, 3.05) is 0 Å². The van der Waals surface area contributed by atoms with Crippen molar-refractivity contribution in [2.45, 2.75) is 19.4 Å². The second kappa shape index (κ2) is 6.56. The molecule has 7 nitrogen and oxygen atoms in total. The van der Waals surface area contributed by atoms with E-state index in [1.807, 2.05) is 37.3 Å². The summed E-state index contributed by atoms with van der Waals surface area (Å²) in [6.45, 7) is 1.83. The van der Waals surface area contributed by atoms with Crippen LogP contribution >= 0.6 is 0 Å². The summed E-state index contributed by atoms with van der Waals surface area (Å²) in [5.41, 5.74) is 6.78. The van der Waals surface area contributed by atoms with Crippen LogP contribution in [-0.4, -0.2) is 32.8 Å². The minimum atomic E-state index is -0.512. The molecule has 110 valence electrons. The van der Waals surface area contributed by atoms with E-state index < -0.39 is 6.04 Å². The molecule has 0 saturated carbocycles. The molecule has 1 unspecified atom stereocenters. The molecule has 1 heterocycles. The maximum Gasteiger partial charge on any atom is 0.255 e. The van der Waals surface area contributed by atoms with Gasteiger partial charge in [-0.2, -0.15) is 5.10 Å². The number of amides is 1. The molecular weight excluding hydrogens is 270 g/mol. The monoisotopic (exact) mass is 287 g/mol. The number of nitrogens with two attached hydrogens (primary N) is 1. The highest BCUT2D eigenvalue weighted by atomic mass is 16.4. The minimum Gasteiger partial charge on any atom is -0.409 e. The highest BCUT2D eigenvalue weighted by Crippen LogP contribution is 2.08. The normalized spacial score (nSPS) is 12.9. The lowest BCUT2D eigenvalue weighted by Crippen LogP contribution is -2.44. The first-order valence-electron chi connectivity index (χ1n) is 6.54. The predicted molar refractivity (Wildman–Crippen MR) is 78.5 cm³/mol. The zero-order valence-corrected chi connectivity index (χ0v) is 11.6. The zero-order valence-electron chi connectivity index (χ0n) is 11.6. The van der Waals surface area contributed by atoms with Gasteiger partial charge in [0.1, 0.15) is 0 Å². The summed E-state index contributed by atoms with van der Waals surface area (Å²) in [5.74, 6) is -0.350. The second-order valence-electron chi connectivity index (χ2n) is 4.47. The summed E-state index contributed by atoms with van der Waals surface area (Å²) in [6, 6.07) is 8.95. The first-order valence-corrected chi connectivity index (χ1v) is 6.54. The second-order valence-corrected chi connectivity index (χ2v) is 4.47. The molecular formula is C14H17N5O2. The quantitative estimate of drug-likeness (QED) is 0.332. The van der Waals surface area contributed by atoms with E-state index in [1.165, 1.54) is 6.20 Å². The van der Waals surface area contributed by atoms with Gasteiger partial charge in [-0.15, -0.1) is 0 Å². The average Bonchev–Trinajstić information content (AvgIpc) is 3.02. The van der Waals surface area contributed by atoms with Gasteiger partial charge < -0.3 is 16.3 Å². The molecule has 1 amide bonds. The van der Waals surface area contributed by atoms with Crippen LogP contribution in [-0.2, 0) is 0 Å². The van der Waals surface area contributed by atoms with E-state index in [1.54, 1.807) is 10.9 Å². The van der Waals surface area contributed by atoms with Crippen LogP contribution in [0.25, 0.3) is 5.69 Å². The Morgan fingerprint density at radius 2 is 2.19 bits per heavy atom. The van der Waals surface area contributed by atoms with E-state index >= 15 is 0 Å². The highest BCUT2D eigenvalue weighted by Gasteiger charge is 2.17. The molecule has 7 heteroatoms. The lowest BCUT2D eigenvalue weighted by molar-refractivity contribution is 0.0945. The number of aromatic nitrogens is 2. The van der Waals surface area contributed by atoms with Gasteiger partial charge in [-0.1, -0.05) is 30.3 Å². The van der Waals surface area contributed by atoms with Gasteiger partial charge in [-0.3, -0.25) is 4.79 Å². The third-order valence-electron chi connectivity index (χ3n) is 3.05. The maximum atomic E-state index is 12.1. The number of nitrogens with zero attached hydrogens (tertiary/aromatic N) is 3. The van der Waals surface area contributed by atoms with E-state index in [2.05, 4.69) is 15.6 Å². The Balaban J connectivity index is 2.12. The largest absolute Gasteiger partial charge is 0.409 e. The number of carbonyl (C=O) groups is 1. The molecule has 0 aliphatic heterocycles. The standard InChI is InChI=1S/C14H17N5O2/c1-2-12(13(15)18-21)17-14(20)10-8-16-19(9-10)11-6-4-3-5-7-11/h3-9,12,21H,2H2,1H3,(H2,15,18)(H,17,20). The van der Waals surface area contributed by atoms with Gasteiger partial charge in [-0.25, -0.2) is 4.68 Å². The number of carbonyl (C=O) groups excluding carboxylic acids is 1. The Morgan fingerprint density at radius 1 is 1.48 bits per heavy atom. The van der Waals surface area contributed by atoms with Crippen molar-refractivity contribution >= 4 is 11.7 Å². The third kappa shape index (κ3) is 3.38. The van der Waals surface area contributed by atoms with Crippen molar-refractivity contribution in [3.8, 4) is 5.69 Å². The number of oxime groups is 1. The van der Waals surface area contributed by atoms with E-state index in [-0.39, 0.29) is 11.7 Å². The molecule has 0 saturated heterocycles. The van der Waals surface area contributed by atoms with Crippen molar-refractivity contribution in [3.63, 3.8) is 0 Å². The number of rotatable bonds is 5. The summed E-state index contributed by atoms with van der Waals surface area (Å²) >= 11 is 0. The number of hydrogen-bond acceptors (Lipinski definition) is 4. The fourth-order valence-electron chi connectivity index (χ4n) is 1.86. The molecule has 21 heavy (non-hydrogen) atoms. The summed E-state index contributed by atoms with van der Waals surface area (Å²) in [5, 5.41) is 18.4. The summed E-state index contributed by atoms with van der Waals surface area (Å²) < 4.78 is 1.61. The van der Waals surface area contributed by atoms with Gasteiger partial charge in [0.25, 0.3) is 5.91 Å². The molecule has 0 fully saturated rings. The van der Waals surface area contributed by atoms with Crippen LogP contribution in [0.5, 0.6) is 0 Å². The van der Waals surface area contributed by atoms with Crippen molar-refractivity contribution in [1.29, 1.82) is 0 Å². The molecule has 1 aromatic heterocycles. The van der Waals surface area contributed by atoms with Crippen molar-refractivity contribution < 1.29 is 10.0 Å². The maximum absolute atomic E-state index is 12.1. The molecule has 2 aromatic rings. The topological polar surface area (TPSA) is 106 Å². The van der Waals surface area contributed by atoms with Gasteiger partial charge in [0.05, 0.1) is 23.5 Å². The van der Waals surface area contributed by atoms with Crippen molar-refractivity contribution in [1.82, 2.24) is 15.1 Å². The van der Waals surface area contributed by atoms with Gasteiger partial charge in [0.2, 0.25) is 0 Å². The number of para-hydroxylation sites is 1. The summed E-state index contributed by atoms with van der Waals surface area (Å²) in [7, 11) is 0. The van der Waals surface area contributed by atoms with Crippen LogP contribution in [0.15, 0.2) is 47.9 Å². The van der Waals surface area contributed by atoms with Crippen LogP contribution in [0.3, 0.4) is 0 Å². The number of hydrogen-bond donors (Lipinski definition) is 3. The van der Waals surface area contributed by atoms with Gasteiger partial charge in [-0.05, 0) is 18.6 Å². The average molecular weight is 287 g/mol. The van der Waals surface area contributed by atoms with Crippen molar-refractivity contribution in [3.05, 3.63) is 48.3 Å². The molecule has 0 aliphatic carbocycles. The van der Waals surface area contributed by atoms with Crippen molar-refractivity contribution in [2.24, 2.45) is 10.9 Å². The van der Waals surface area contributed by atoms with E-state index in [9.17, 15) is 4.79 Å². The number of amidine groups is 1. The Morgan fingerprint density at radius 3 is 2.81 bits per heavy atom. The first-order chi connectivity index (χ1) is 10.2. The predicted octanol–water partition coefficient (Wildman–Crippen LogP) is 1.13. The lowest BCUT2D eigenvalue weighted by atomic mass is 10.2. The molecule has 2 rings (SSSR count). The summed E-state index contributed by atoms with van der Waals surface area (Å²) in [4.78, 5) is 12.1. The fraction of sp³-hybridized carbons (Fsp3) is 0.214. The van der Waals surface area contributed by atoms with E-state index in [0.29, 0.717) is 12.0 Å². The molecule has 0 bridgehead atoms. The van der Waals surface area contributed by atoms with Gasteiger partial charge in [0, 0.05) is 6.20 Å². The molecule has 0 aliphatic rings. The van der Waals surface area contributed by atoms with Gasteiger partial charge in [0.15, 0.2) is 5.84 Å². The van der Waals surface area contributed by atoms with Crippen LogP contribution in [0.1, 0.15) is 23.7 Å². The first kappa shape index (κ1) is 14.6. The SMILES string of the molecule is CCC(NC(=O)c1cnn(-c2ccccc2)c1)/C(N)=N/O. The zero-order chi connectivity index (χ0) is 15.2. The van der Waals surface area contributed by atoms with Crippen LogP contribution in [0.2, 0.25) is 0 Å². The Labute approximate surface area is 122 Å². The highest BCUT2D eigenvalue weighted by molar-refractivity contribution is 5.97. The molecule has 4 N–H and O–H groups in total. The van der Waals surface area contributed by atoms with Crippen LogP contribution < -0.4 is 11.1 Å². The van der Waals surface area contributed by atoms with Gasteiger partial charge >= 0.3 is 0 Å². The Bertz CT molecular complexity index is 636.